The molecule has 1 rings (SSSR count). The molecule has 0 saturated heterocycles. The second-order valence-electron chi connectivity index (χ2n) is 4.03. The van der Waals surface area contributed by atoms with Gasteiger partial charge >= 0.3 is 0 Å². The highest BCUT2D eigenvalue weighted by molar-refractivity contribution is 6.35. The van der Waals surface area contributed by atoms with Crippen molar-refractivity contribution in [3.05, 3.63) is 33.8 Å². The maximum absolute atomic E-state index is 10.1. The summed E-state index contributed by atoms with van der Waals surface area (Å²) in [6, 6.07) is 5.34. The van der Waals surface area contributed by atoms with Gasteiger partial charge in [-0.15, -0.1) is 0 Å². The molecule has 2 unspecified atom stereocenters. The highest BCUT2D eigenvalue weighted by Gasteiger charge is 2.20. The summed E-state index contributed by atoms with van der Waals surface area (Å²) >= 11 is 12.1. The first-order valence-corrected chi connectivity index (χ1v) is 6.49. The number of hydrogen-bond donors (Lipinski definition) is 1. The maximum Gasteiger partial charge on any atom is 0.0842 e. The average molecular weight is 277 g/mol. The van der Waals surface area contributed by atoms with Crippen molar-refractivity contribution < 1.29 is 9.84 Å². The SMILES string of the molecule is CCCC(OC)C(O)Cc1c(Cl)cccc1Cl. The van der Waals surface area contributed by atoms with Crippen LogP contribution in [0.25, 0.3) is 0 Å². The fourth-order valence-electron chi connectivity index (χ4n) is 1.82. The number of ether oxygens (including phenoxy) is 1. The molecule has 0 saturated carbocycles. The molecule has 0 bridgehead atoms. The first-order valence-electron chi connectivity index (χ1n) is 5.73. The maximum atomic E-state index is 10.1. The lowest BCUT2D eigenvalue weighted by molar-refractivity contribution is -0.0159. The Morgan fingerprint density at radius 3 is 2.35 bits per heavy atom. The highest BCUT2D eigenvalue weighted by atomic mass is 35.5. The van der Waals surface area contributed by atoms with E-state index in [1.165, 1.54) is 0 Å². The summed E-state index contributed by atoms with van der Waals surface area (Å²) in [5, 5.41) is 11.3. The predicted molar refractivity (Wildman–Crippen MR) is 71.9 cm³/mol. The lowest BCUT2D eigenvalue weighted by Gasteiger charge is -2.22. The van der Waals surface area contributed by atoms with Crippen molar-refractivity contribution in [1.82, 2.24) is 0 Å². The minimum absolute atomic E-state index is 0.174. The van der Waals surface area contributed by atoms with Gasteiger partial charge in [0.15, 0.2) is 0 Å². The first-order chi connectivity index (χ1) is 8.10. The van der Waals surface area contributed by atoms with Crippen LogP contribution in [0, 0.1) is 0 Å². The smallest absolute Gasteiger partial charge is 0.0842 e. The van der Waals surface area contributed by atoms with Crippen molar-refractivity contribution in [2.24, 2.45) is 0 Å². The van der Waals surface area contributed by atoms with E-state index in [0.717, 1.165) is 18.4 Å². The Bertz CT molecular complexity index is 335. The number of benzene rings is 1. The number of hydrogen-bond acceptors (Lipinski definition) is 2. The molecule has 0 heterocycles. The summed E-state index contributed by atoms with van der Waals surface area (Å²) in [4.78, 5) is 0. The Morgan fingerprint density at radius 1 is 1.29 bits per heavy atom. The topological polar surface area (TPSA) is 29.5 Å². The summed E-state index contributed by atoms with van der Waals surface area (Å²) in [5.41, 5.74) is 0.779. The summed E-state index contributed by atoms with van der Waals surface area (Å²) < 4.78 is 5.27. The van der Waals surface area contributed by atoms with Gasteiger partial charge < -0.3 is 9.84 Å². The molecule has 0 fully saturated rings. The predicted octanol–water partition coefficient (Wildman–Crippen LogP) is 3.71. The molecule has 0 aliphatic carbocycles. The summed E-state index contributed by atoms with van der Waals surface area (Å²) in [7, 11) is 1.61. The molecule has 0 amide bonds. The molecular weight excluding hydrogens is 259 g/mol. The molecule has 0 spiro atoms. The molecule has 0 aliphatic rings. The van der Waals surface area contributed by atoms with Crippen LogP contribution in [-0.4, -0.2) is 24.4 Å². The second-order valence-corrected chi connectivity index (χ2v) is 4.85. The van der Waals surface area contributed by atoms with Crippen molar-refractivity contribution in [2.75, 3.05) is 7.11 Å². The monoisotopic (exact) mass is 276 g/mol. The second kappa shape index (κ2) is 7.22. The van der Waals surface area contributed by atoms with Gasteiger partial charge in [0.05, 0.1) is 12.2 Å². The molecule has 0 aliphatic heterocycles. The minimum atomic E-state index is -0.586. The van der Waals surface area contributed by atoms with Crippen molar-refractivity contribution in [3.63, 3.8) is 0 Å². The standard InChI is InChI=1S/C13H18Cl2O2/c1-3-5-13(17-2)12(16)8-9-10(14)6-4-7-11(9)15/h4,6-7,12-13,16H,3,5,8H2,1-2H3. The van der Waals surface area contributed by atoms with E-state index in [4.69, 9.17) is 27.9 Å². The van der Waals surface area contributed by atoms with Crippen LogP contribution >= 0.6 is 23.2 Å². The molecule has 4 heteroatoms. The average Bonchev–Trinajstić information content (AvgIpc) is 2.30. The molecule has 96 valence electrons. The van der Waals surface area contributed by atoms with E-state index >= 15 is 0 Å². The number of aliphatic hydroxyl groups is 1. The molecule has 1 aromatic carbocycles. The van der Waals surface area contributed by atoms with Crippen LogP contribution in [-0.2, 0) is 11.2 Å². The third-order valence-corrected chi connectivity index (χ3v) is 3.49. The quantitative estimate of drug-likeness (QED) is 0.858. The van der Waals surface area contributed by atoms with Crippen LogP contribution in [0.1, 0.15) is 25.3 Å². The third kappa shape index (κ3) is 4.14. The Morgan fingerprint density at radius 2 is 1.88 bits per heavy atom. The van der Waals surface area contributed by atoms with Gasteiger partial charge in [0.1, 0.15) is 0 Å². The van der Waals surface area contributed by atoms with Crippen LogP contribution in [0.2, 0.25) is 10.0 Å². The van der Waals surface area contributed by atoms with Crippen LogP contribution in [0.15, 0.2) is 18.2 Å². The number of aliphatic hydroxyl groups excluding tert-OH is 1. The van der Waals surface area contributed by atoms with Gasteiger partial charge in [0.25, 0.3) is 0 Å². The summed E-state index contributed by atoms with van der Waals surface area (Å²) in [6.07, 6.45) is 1.44. The van der Waals surface area contributed by atoms with E-state index < -0.39 is 6.10 Å². The molecule has 2 atom stereocenters. The Kier molecular flexibility index (Phi) is 6.28. The van der Waals surface area contributed by atoms with E-state index in [9.17, 15) is 5.11 Å². The minimum Gasteiger partial charge on any atom is -0.390 e. The summed E-state index contributed by atoms with van der Waals surface area (Å²) in [5.74, 6) is 0. The lowest BCUT2D eigenvalue weighted by Crippen LogP contribution is -2.30. The number of rotatable bonds is 6. The van der Waals surface area contributed by atoms with Crippen molar-refractivity contribution in [1.29, 1.82) is 0 Å². The van der Waals surface area contributed by atoms with E-state index in [1.54, 1.807) is 25.3 Å². The number of methoxy groups -OCH3 is 1. The molecule has 0 aromatic heterocycles. The van der Waals surface area contributed by atoms with Gasteiger partial charge in [-0.25, -0.2) is 0 Å². The van der Waals surface area contributed by atoms with Gasteiger partial charge in [0.2, 0.25) is 0 Å². The zero-order valence-electron chi connectivity index (χ0n) is 10.1. The van der Waals surface area contributed by atoms with Crippen LogP contribution in [0.4, 0.5) is 0 Å². The normalized spacial score (nSPS) is 14.6. The van der Waals surface area contributed by atoms with E-state index in [2.05, 4.69) is 6.92 Å². The Labute approximate surface area is 113 Å². The van der Waals surface area contributed by atoms with Gasteiger partial charge in [0, 0.05) is 23.6 Å². The van der Waals surface area contributed by atoms with Gasteiger partial charge in [-0.05, 0) is 24.1 Å². The van der Waals surface area contributed by atoms with Gasteiger partial charge in [-0.2, -0.15) is 0 Å². The molecular formula is C13H18Cl2O2. The largest absolute Gasteiger partial charge is 0.390 e. The van der Waals surface area contributed by atoms with Crippen molar-refractivity contribution in [3.8, 4) is 0 Å². The van der Waals surface area contributed by atoms with Gasteiger partial charge in [-0.1, -0.05) is 42.6 Å². The van der Waals surface area contributed by atoms with Crippen LogP contribution in [0.3, 0.4) is 0 Å². The summed E-state index contributed by atoms with van der Waals surface area (Å²) in [6.45, 7) is 2.06. The first kappa shape index (κ1) is 14.8. The Balaban J connectivity index is 2.76. The highest BCUT2D eigenvalue weighted by Crippen LogP contribution is 2.26. The van der Waals surface area contributed by atoms with Gasteiger partial charge in [-0.3, -0.25) is 0 Å². The molecule has 1 N–H and O–H groups in total. The zero-order valence-corrected chi connectivity index (χ0v) is 11.6. The molecule has 2 nitrogen and oxygen atoms in total. The van der Waals surface area contributed by atoms with E-state index in [1.807, 2.05) is 0 Å². The van der Waals surface area contributed by atoms with Crippen LogP contribution in [0.5, 0.6) is 0 Å². The lowest BCUT2D eigenvalue weighted by atomic mass is 10.0. The van der Waals surface area contributed by atoms with Crippen molar-refractivity contribution in [2.45, 2.75) is 38.4 Å². The zero-order chi connectivity index (χ0) is 12.8. The van der Waals surface area contributed by atoms with Crippen molar-refractivity contribution >= 4 is 23.2 Å². The number of halogens is 2. The van der Waals surface area contributed by atoms with E-state index in [0.29, 0.717) is 16.5 Å². The third-order valence-electron chi connectivity index (χ3n) is 2.78. The Hall–Kier alpha value is -0.280. The van der Waals surface area contributed by atoms with E-state index in [-0.39, 0.29) is 6.10 Å². The molecule has 17 heavy (non-hydrogen) atoms. The molecule has 0 radical (unpaired) electrons. The fraction of sp³-hybridized carbons (Fsp3) is 0.538. The molecule has 1 aromatic rings. The fourth-order valence-corrected chi connectivity index (χ4v) is 2.37. The van der Waals surface area contributed by atoms with Crippen LogP contribution < -0.4 is 0 Å².